The number of nitrogens with one attached hydrogen (secondary N) is 1. The van der Waals surface area contributed by atoms with Crippen LogP contribution in [0.4, 0.5) is 0 Å². The number of H-pyrrole nitrogens is 1. The molecule has 0 spiro atoms. The molecule has 0 radical (unpaired) electrons. The maximum atomic E-state index is 13.9. The fraction of sp³-hybridized carbons (Fsp3) is 0.269. The second kappa shape index (κ2) is 9.74. The number of pyridine rings is 1. The molecule has 0 aliphatic carbocycles. The molecule has 0 saturated heterocycles. The lowest BCUT2D eigenvalue weighted by atomic mass is 10.1. The number of fused-ring (bicyclic) bond motifs is 1. The third-order valence-electron chi connectivity index (χ3n) is 5.67. The van der Waals surface area contributed by atoms with Crippen molar-refractivity contribution in [2.75, 3.05) is 6.61 Å². The molecule has 4 rings (SSSR count). The van der Waals surface area contributed by atoms with Crippen molar-refractivity contribution in [3.63, 3.8) is 0 Å². The smallest absolute Gasteiger partial charge is 0.252 e. The van der Waals surface area contributed by atoms with E-state index in [1.54, 1.807) is 18.2 Å². The fourth-order valence-corrected chi connectivity index (χ4v) is 6.91. The van der Waals surface area contributed by atoms with Crippen LogP contribution in [0.25, 0.3) is 10.9 Å². The van der Waals surface area contributed by atoms with Gasteiger partial charge in [-0.05, 0) is 74.5 Å². The fourth-order valence-electron chi connectivity index (χ4n) is 4.30. The lowest BCUT2D eigenvalue weighted by Gasteiger charge is -2.24. The second-order valence-electron chi connectivity index (χ2n) is 8.39. The topological polar surface area (TPSA) is 79.5 Å². The van der Waals surface area contributed by atoms with Gasteiger partial charge in [0.05, 0.1) is 11.5 Å². The van der Waals surface area contributed by atoms with Crippen LogP contribution in [0.15, 0.2) is 63.6 Å². The summed E-state index contributed by atoms with van der Waals surface area (Å²) >= 11 is 1.49. The predicted octanol–water partition coefficient (Wildman–Crippen LogP) is 5.30. The molecule has 8 heteroatoms. The Balaban J connectivity index is 1.80. The first kappa shape index (κ1) is 24.2. The number of benzene rings is 2. The number of ether oxygens (including phenoxy) is 1. The number of hydrogen-bond acceptors (Lipinski definition) is 5. The normalized spacial score (nSPS) is 11.9. The summed E-state index contributed by atoms with van der Waals surface area (Å²) in [5.41, 5.74) is 3.15. The standard InChI is InChI=1S/C26H28N2O4S2/c1-5-32-22-8-9-24-20(14-22)13-21(26(29)27-24)15-28(16-23-7-6-10-33-23)34(30,31)25-18(3)11-17(2)12-19(25)4/h6-14H,5,15-16H2,1-4H3,(H,27,29). The second-order valence-corrected chi connectivity index (χ2v) is 11.3. The predicted molar refractivity (Wildman–Crippen MR) is 137 cm³/mol. The minimum atomic E-state index is -3.88. The zero-order chi connectivity index (χ0) is 24.5. The molecule has 2 aromatic heterocycles. The van der Waals surface area contributed by atoms with Crippen LogP contribution in [0.1, 0.15) is 34.1 Å². The van der Waals surface area contributed by atoms with Gasteiger partial charge in [-0.2, -0.15) is 4.31 Å². The zero-order valence-corrected chi connectivity index (χ0v) is 21.3. The highest BCUT2D eigenvalue weighted by molar-refractivity contribution is 7.89. The van der Waals surface area contributed by atoms with Gasteiger partial charge in [0, 0.05) is 34.4 Å². The number of nitrogens with zero attached hydrogens (tertiary/aromatic N) is 1. The van der Waals surface area contributed by atoms with Gasteiger partial charge in [0.2, 0.25) is 10.0 Å². The molecule has 6 nitrogen and oxygen atoms in total. The van der Waals surface area contributed by atoms with Crippen molar-refractivity contribution in [2.45, 2.75) is 45.7 Å². The molecule has 0 fully saturated rings. The summed E-state index contributed by atoms with van der Waals surface area (Å²) in [7, 11) is -3.88. The third kappa shape index (κ3) is 4.94. The molecule has 4 aromatic rings. The van der Waals surface area contributed by atoms with E-state index in [0.29, 0.717) is 39.5 Å². The van der Waals surface area contributed by atoms with E-state index >= 15 is 0 Å². The lowest BCUT2D eigenvalue weighted by molar-refractivity contribution is 0.340. The third-order valence-corrected chi connectivity index (χ3v) is 8.62. The number of rotatable bonds is 8. The minimum absolute atomic E-state index is 0.0445. The summed E-state index contributed by atoms with van der Waals surface area (Å²) in [6.45, 7) is 8.16. The van der Waals surface area contributed by atoms with Crippen molar-refractivity contribution < 1.29 is 13.2 Å². The molecule has 0 atom stereocenters. The van der Waals surface area contributed by atoms with E-state index in [-0.39, 0.29) is 18.6 Å². The Morgan fingerprint density at radius 2 is 1.74 bits per heavy atom. The van der Waals surface area contributed by atoms with Crippen molar-refractivity contribution in [1.82, 2.24) is 9.29 Å². The number of aryl methyl sites for hydroxylation is 3. The van der Waals surface area contributed by atoms with Crippen molar-refractivity contribution in [3.8, 4) is 5.75 Å². The quantitative estimate of drug-likeness (QED) is 0.359. The van der Waals surface area contributed by atoms with Crippen molar-refractivity contribution >= 4 is 32.3 Å². The van der Waals surface area contributed by atoms with Crippen LogP contribution >= 0.6 is 11.3 Å². The minimum Gasteiger partial charge on any atom is -0.494 e. The summed E-state index contributed by atoms with van der Waals surface area (Å²) in [5.74, 6) is 0.696. The summed E-state index contributed by atoms with van der Waals surface area (Å²) in [6, 6.07) is 14.8. The molecule has 2 heterocycles. The van der Waals surface area contributed by atoms with Crippen molar-refractivity contribution in [1.29, 1.82) is 0 Å². The van der Waals surface area contributed by atoms with Crippen molar-refractivity contribution in [2.24, 2.45) is 0 Å². The summed E-state index contributed by atoms with van der Waals surface area (Å²) in [6.07, 6.45) is 0. The Bertz CT molecular complexity index is 1470. The van der Waals surface area contributed by atoms with Gasteiger partial charge in [-0.1, -0.05) is 23.8 Å². The van der Waals surface area contributed by atoms with Gasteiger partial charge in [0.15, 0.2) is 0 Å². The van der Waals surface area contributed by atoms with Crippen molar-refractivity contribution in [3.05, 3.63) is 91.4 Å². The largest absolute Gasteiger partial charge is 0.494 e. The zero-order valence-electron chi connectivity index (χ0n) is 19.7. The number of sulfonamides is 1. The molecule has 2 aromatic carbocycles. The Labute approximate surface area is 203 Å². The van der Waals surface area contributed by atoms with E-state index in [1.165, 1.54) is 15.6 Å². The van der Waals surface area contributed by atoms with Crippen LogP contribution in [0.5, 0.6) is 5.75 Å². The van der Waals surface area contributed by atoms with Gasteiger partial charge in [0.25, 0.3) is 5.56 Å². The molecule has 34 heavy (non-hydrogen) atoms. The maximum absolute atomic E-state index is 13.9. The highest BCUT2D eigenvalue weighted by Crippen LogP contribution is 2.29. The van der Waals surface area contributed by atoms with Crippen LogP contribution in [0.3, 0.4) is 0 Å². The van der Waals surface area contributed by atoms with Gasteiger partial charge in [-0.3, -0.25) is 4.79 Å². The van der Waals surface area contributed by atoms with Crippen LogP contribution < -0.4 is 10.3 Å². The molecular formula is C26H28N2O4S2. The van der Waals surface area contributed by atoms with Crippen LogP contribution in [0, 0.1) is 20.8 Å². The van der Waals surface area contributed by atoms with E-state index in [9.17, 15) is 13.2 Å². The molecule has 0 unspecified atom stereocenters. The van der Waals surface area contributed by atoms with Gasteiger partial charge < -0.3 is 9.72 Å². The first-order valence-electron chi connectivity index (χ1n) is 11.1. The van der Waals surface area contributed by atoms with E-state index in [2.05, 4.69) is 4.98 Å². The van der Waals surface area contributed by atoms with Gasteiger partial charge in [-0.25, -0.2) is 8.42 Å². The Kier molecular flexibility index (Phi) is 6.93. The first-order chi connectivity index (χ1) is 16.2. The average Bonchev–Trinajstić information content (AvgIpc) is 3.26. The van der Waals surface area contributed by atoms with E-state index in [4.69, 9.17) is 4.74 Å². The van der Waals surface area contributed by atoms with Crippen LogP contribution in [-0.2, 0) is 23.1 Å². The number of aromatic nitrogens is 1. The summed E-state index contributed by atoms with van der Waals surface area (Å²) in [5, 5.41) is 2.71. The van der Waals surface area contributed by atoms with E-state index in [1.807, 2.05) is 63.4 Å². The molecule has 0 aliphatic heterocycles. The summed E-state index contributed by atoms with van der Waals surface area (Å²) < 4.78 is 34.8. The SMILES string of the molecule is CCOc1ccc2[nH]c(=O)c(CN(Cc3cccs3)S(=O)(=O)c3c(C)cc(C)cc3C)cc2c1. The van der Waals surface area contributed by atoms with Gasteiger partial charge in [0.1, 0.15) is 5.75 Å². The highest BCUT2D eigenvalue weighted by atomic mass is 32.2. The highest BCUT2D eigenvalue weighted by Gasteiger charge is 2.29. The lowest BCUT2D eigenvalue weighted by Crippen LogP contribution is -2.33. The van der Waals surface area contributed by atoms with E-state index in [0.717, 1.165) is 15.8 Å². The molecule has 178 valence electrons. The maximum Gasteiger partial charge on any atom is 0.252 e. The molecule has 0 aliphatic rings. The molecule has 1 N–H and O–H groups in total. The monoisotopic (exact) mass is 496 g/mol. The Hall–Kier alpha value is -2.94. The Morgan fingerprint density at radius 1 is 1.00 bits per heavy atom. The number of thiophene rings is 1. The van der Waals surface area contributed by atoms with Crippen LogP contribution in [-0.4, -0.2) is 24.3 Å². The summed E-state index contributed by atoms with van der Waals surface area (Å²) in [4.78, 5) is 17.0. The molecule has 0 amide bonds. The molecule has 0 saturated carbocycles. The van der Waals surface area contributed by atoms with Crippen LogP contribution in [0.2, 0.25) is 0 Å². The first-order valence-corrected chi connectivity index (χ1v) is 13.4. The van der Waals surface area contributed by atoms with E-state index < -0.39 is 10.0 Å². The number of aromatic amines is 1. The van der Waals surface area contributed by atoms with Gasteiger partial charge >= 0.3 is 0 Å². The van der Waals surface area contributed by atoms with Gasteiger partial charge in [-0.15, -0.1) is 11.3 Å². The number of hydrogen-bond donors (Lipinski definition) is 1. The average molecular weight is 497 g/mol. The molecule has 0 bridgehead atoms. The molecular weight excluding hydrogens is 468 g/mol. The Morgan fingerprint density at radius 3 is 2.38 bits per heavy atom.